The Morgan fingerprint density at radius 3 is 2.53 bits per heavy atom. The first kappa shape index (κ1) is 23.3. The summed E-state index contributed by atoms with van der Waals surface area (Å²) < 4.78 is 39.3. The average Bonchev–Trinajstić information content (AvgIpc) is 2.79. The molecule has 1 saturated heterocycles. The third-order valence-electron chi connectivity index (χ3n) is 5.25. The molecule has 172 valence electrons. The molecule has 0 aliphatic carbocycles. The van der Waals surface area contributed by atoms with Crippen LogP contribution in [-0.4, -0.2) is 46.1 Å². The van der Waals surface area contributed by atoms with Gasteiger partial charge in [-0.1, -0.05) is 12.1 Å². The van der Waals surface area contributed by atoms with Gasteiger partial charge >= 0.3 is 5.97 Å². The van der Waals surface area contributed by atoms with Crippen LogP contribution in [0.4, 0.5) is 17.1 Å². The van der Waals surface area contributed by atoms with Gasteiger partial charge in [-0.05, 0) is 38.0 Å². The number of carbonyl (C=O) groups excluding carboxylic acids is 1. The average molecular weight is 464 g/mol. The number of anilines is 2. The zero-order valence-electron chi connectivity index (χ0n) is 17.8. The van der Waals surface area contributed by atoms with E-state index in [1.807, 2.05) is 4.90 Å². The number of esters is 1. The number of nitrogens with zero attached hydrogens (tertiary/aromatic N) is 2. The number of nitro groups is 1. The lowest BCUT2D eigenvalue weighted by Crippen LogP contribution is -2.37. The number of piperidine rings is 1. The molecule has 2 aromatic rings. The van der Waals surface area contributed by atoms with Gasteiger partial charge < -0.3 is 14.4 Å². The molecule has 0 saturated carbocycles. The van der Waals surface area contributed by atoms with Gasteiger partial charge in [0.2, 0.25) is 0 Å². The van der Waals surface area contributed by atoms with E-state index >= 15 is 0 Å². The minimum absolute atomic E-state index is 0.216. The van der Waals surface area contributed by atoms with E-state index in [-0.39, 0.29) is 28.2 Å². The number of methoxy groups -OCH3 is 1. The first-order valence-electron chi connectivity index (χ1n) is 10.1. The Morgan fingerprint density at radius 2 is 1.91 bits per heavy atom. The first-order chi connectivity index (χ1) is 15.3. The molecule has 0 spiro atoms. The lowest BCUT2D eigenvalue weighted by molar-refractivity contribution is -0.385. The summed E-state index contributed by atoms with van der Waals surface area (Å²) in [4.78, 5) is 24.3. The Kier molecular flexibility index (Phi) is 7.18. The third-order valence-corrected chi connectivity index (χ3v) is 6.65. The Hall–Kier alpha value is -3.34. The molecule has 1 aliphatic heterocycles. The van der Waals surface area contributed by atoms with E-state index in [9.17, 15) is 23.3 Å². The van der Waals surface area contributed by atoms with Crippen molar-refractivity contribution in [1.29, 1.82) is 0 Å². The van der Waals surface area contributed by atoms with Crippen molar-refractivity contribution in [2.75, 3.05) is 36.4 Å². The minimum Gasteiger partial charge on any atom is -0.495 e. The van der Waals surface area contributed by atoms with E-state index in [4.69, 9.17) is 9.47 Å². The maximum atomic E-state index is 13.3. The van der Waals surface area contributed by atoms with Crippen LogP contribution in [0, 0.1) is 16.0 Å². The quantitative estimate of drug-likeness (QED) is 0.359. The summed E-state index contributed by atoms with van der Waals surface area (Å²) in [5.41, 5.74) is 0.212. The second-order valence-electron chi connectivity index (χ2n) is 7.23. The van der Waals surface area contributed by atoms with Crippen LogP contribution in [0.3, 0.4) is 0 Å². The summed E-state index contributed by atoms with van der Waals surface area (Å²) in [5, 5.41) is 11.3. The topological polar surface area (TPSA) is 128 Å². The summed E-state index contributed by atoms with van der Waals surface area (Å²) in [7, 11) is -2.77. The van der Waals surface area contributed by atoms with Crippen LogP contribution in [0.15, 0.2) is 47.4 Å². The van der Waals surface area contributed by atoms with Crippen LogP contribution in [0.2, 0.25) is 0 Å². The van der Waals surface area contributed by atoms with Crippen molar-refractivity contribution in [2.45, 2.75) is 24.7 Å². The summed E-state index contributed by atoms with van der Waals surface area (Å²) in [6.07, 6.45) is 0.991. The molecular formula is C21H25N3O7S. The van der Waals surface area contributed by atoms with Crippen molar-refractivity contribution >= 4 is 33.1 Å². The minimum atomic E-state index is -4.19. The molecule has 1 aliphatic rings. The fourth-order valence-electron chi connectivity index (χ4n) is 3.64. The van der Waals surface area contributed by atoms with Crippen molar-refractivity contribution in [3.8, 4) is 5.75 Å². The molecule has 0 aromatic heterocycles. The van der Waals surface area contributed by atoms with Gasteiger partial charge in [-0.15, -0.1) is 0 Å². The Morgan fingerprint density at radius 1 is 1.22 bits per heavy atom. The molecule has 2 aromatic carbocycles. The molecule has 1 fully saturated rings. The van der Waals surface area contributed by atoms with Gasteiger partial charge in [0.1, 0.15) is 10.6 Å². The number of benzene rings is 2. The predicted octanol–water partition coefficient (Wildman–Crippen LogP) is 3.18. The molecule has 1 N–H and O–H groups in total. The normalized spacial score (nSPS) is 14.6. The highest BCUT2D eigenvalue weighted by Gasteiger charge is 2.31. The van der Waals surface area contributed by atoms with Crippen molar-refractivity contribution < 1.29 is 27.6 Å². The highest BCUT2D eigenvalue weighted by Crippen LogP contribution is 2.35. The van der Waals surface area contributed by atoms with Crippen molar-refractivity contribution in [1.82, 2.24) is 0 Å². The lowest BCUT2D eigenvalue weighted by atomic mass is 9.96. The van der Waals surface area contributed by atoms with E-state index in [1.54, 1.807) is 25.1 Å². The molecule has 10 nitrogen and oxygen atoms in total. The van der Waals surface area contributed by atoms with Crippen LogP contribution in [-0.2, 0) is 19.6 Å². The zero-order valence-corrected chi connectivity index (χ0v) is 18.6. The van der Waals surface area contributed by atoms with Gasteiger partial charge in [-0.3, -0.25) is 19.6 Å². The van der Waals surface area contributed by atoms with Gasteiger partial charge in [-0.25, -0.2) is 8.42 Å². The molecule has 0 unspecified atom stereocenters. The Labute approximate surface area is 186 Å². The number of hydrogen-bond acceptors (Lipinski definition) is 8. The molecule has 11 heteroatoms. The van der Waals surface area contributed by atoms with Gasteiger partial charge in [0, 0.05) is 25.2 Å². The molecular weight excluding hydrogens is 438 g/mol. The van der Waals surface area contributed by atoms with E-state index in [2.05, 4.69) is 4.72 Å². The van der Waals surface area contributed by atoms with Crippen LogP contribution < -0.4 is 14.4 Å². The largest absolute Gasteiger partial charge is 0.495 e. The number of non-ortho nitro benzene ring substituents is 1. The van der Waals surface area contributed by atoms with Gasteiger partial charge in [0.15, 0.2) is 0 Å². The maximum absolute atomic E-state index is 13.3. The lowest BCUT2D eigenvalue weighted by Gasteiger charge is -2.33. The number of sulfonamides is 1. The SMILES string of the molecule is CCOC(=O)C1CCN(c2ccc([N+](=O)[O-])cc2S(=O)(=O)Nc2ccccc2OC)CC1. The van der Waals surface area contributed by atoms with Crippen molar-refractivity contribution in [3.63, 3.8) is 0 Å². The first-order valence-corrected chi connectivity index (χ1v) is 11.6. The summed E-state index contributed by atoms with van der Waals surface area (Å²) in [5.74, 6) is -0.198. The van der Waals surface area contributed by atoms with Crippen molar-refractivity contribution in [3.05, 3.63) is 52.6 Å². The summed E-state index contributed by atoms with van der Waals surface area (Å²) >= 11 is 0. The van der Waals surface area contributed by atoms with Crippen molar-refractivity contribution in [2.24, 2.45) is 5.92 Å². The highest BCUT2D eigenvalue weighted by molar-refractivity contribution is 7.93. The van der Waals surface area contributed by atoms with Crippen LogP contribution in [0.1, 0.15) is 19.8 Å². The van der Waals surface area contributed by atoms with Gasteiger partial charge in [0.05, 0.1) is 35.9 Å². The second-order valence-corrected chi connectivity index (χ2v) is 8.88. The fraction of sp³-hybridized carbons (Fsp3) is 0.381. The number of para-hydroxylation sites is 2. The van der Waals surface area contributed by atoms with E-state index < -0.39 is 14.9 Å². The monoisotopic (exact) mass is 463 g/mol. The molecule has 1 heterocycles. The van der Waals surface area contributed by atoms with Gasteiger partial charge in [-0.2, -0.15) is 0 Å². The smallest absolute Gasteiger partial charge is 0.309 e. The Balaban J connectivity index is 1.93. The number of ether oxygens (including phenoxy) is 2. The third kappa shape index (κ3) is 5.10. The second kappa shape index (κ2) is 9.86. The standard InChI is InChI=1S/C21H25N3O7S/c1-3-31-21(25)15-10-12-23(13-11-15)18-9-8-16(24(26)27)14-20(18)32(28,29)22-17-6-4-5-7-19(17)30-2/h4-9,14-15,22H,3,10-13H2,1-2H3. The van der Waals surface area contributed by atoms with E-state index in [0.717, 1.165) is 6.07 Å². The summed E-state index contributed by atoms with van der Waals surface area (Å²) in [6.45, 7) is 2.88. The predicted molar refractivity (Wildman–Crippen MR) is 118 cm³/mol. The van der Waals surface area contributed by atoms with Gasteiger partial charge in [0.25, 0.3) is 15.7 Å². The highest BCUT2D eigenvalue weighted by atomic mass is 32.2. The molecule has 3 rings (SSSR count). The number of rotatable bonds is 8. The Bertz CT molecular complexity index is 1100. The van der Waals surface area contributed by atoms with E-state index in [1.165, 1.54) is 25.3 Å². The number of nitrogens with one attached hydrogen (secondary N) is 1. The fourth-order valence-corrected chi connectivity index (χ4v) is 4.95. The molecule has 0 bridgehead atoms. The zero-order chi connectivity index (χ0) is 23.3. The van der Waals surface area contributed by atoms with Crippen LogP contribution in [0.25, 0.3) is 0 Å². The summed E-state index contributed by atoms with van der Waals surface area (Å²) in [6, 6.07) is 10.2. The molecule has 32 heavy (non-hydrogen) atoms. The van der Waals surface area contributed by atoms with Crippen LogP contribution in [0.5, 0.6) is 5.75 Å². The van der Waals surface area contributed by atoms with Crippen LogP contribution >= 0.6 is 0 Å². The molecule has 0 amide bonds. The number of carbonyl (C=O) groups is 1. The maximum Gasteiger partial charge on any atom is 0.309 e. The van der Waals surface area contributed by atoms with E-state index in [0.29, 0.717) is 44.0 Å². The molecule has 0 atom stereocenters. The number of hydrogen-bond donors (Lipinski definition) is 1. The number of nitro benzene ring substituents is 1. The molecule has 0 radical (unpaired) electrons.